The van der Waals surface area contributed by atoms with E-state index in [1.54, 1.807) is 37.4 Å². The Morgan fingerprint density at radius 1 is 0.968 bits per heavy atom. The van der Waals surface area contributed by atoms with Crippen molar-refractivity contribution in [3.05, 3.63) is 154 Å². The first kappa shape index (κ1) is 44.9. The number of allylic oxidation sites excluding steroid dienone is 1. The fourth-order valence-electron chi connectivity index (χ4n) is 9.29. The molecule has 63 heavy (non-hydrogen) atoms. The van der Waals surface area contributed by atoms with E-state index in [2.05, 4.69) is 12.7 Å². The topological polar surface area (TPSA) is 162 Å². The van der Waals surface area contributed by atoms with E-state index in [0.717, 1.165) is 42.4 Å². The van der Waals surface area contributed by atoms with E-state index in [1.165, 1.54) is 35.2 Å². The van der Waals surface area contributed by atoms with Gasteiger partial charge < -0.3 is 38.9 Å². The molecule has 6 atom stereocenters. The summed E-state index contributed by atoms with van der Waals surface area (Å²) in [5.41, 5.74) is 3.47. The number of aliphatic hydroxyl groups is 2. The molecule has 0 bridgehead atoms. The summed E-state index contributed by atoms with van der Waals surface area (Å²) in [6, 6.07) is 26.1. The molecule has 7 rings (SSSR count). The summed E-state index contributed by atoms with van der Waals surface area (Å²) in [4.78, 5) is 32.6. The minimum absolute atomic E-state index is 0.000954. The van der Waals surface area contributed by atoms with Gasteiger partial charge in [0.15, 0.2) is 0 Å². The molecule has 1 fully saturated rings. The number of benzene rings is 4. The van der Waals surface area contributed by atoms with Crippen molar-refractivity contribution < 1.29 is 48.1 Å². The Hall–Kier alpha value is -6.09. The molecule has 0 spiro atoms. The maximum Gasteiger partial charge on any atom is 0.415 e. The molecule has 1 aliphatic heterocycles. The fraction of sp³-hybridized carbons (Fsp3) is 0.388. The molecular formula is C49H54FN3O10. The van der Waals surface area contributed by atoms with Gasteiger partial charge >= 0.3 is 6.09 Å². The molecule has 4 aromatic carbocycles. The van der Waals surface area contributed by atoms with Crippen LogP contribution in [-0.4, -0.2) is 70.5 Å². The quantitative estimate of drug-likeness (QED) is 0.0379. The van der Waals surface area contributed by atoms with Crippen molar-refractivity contribution in [2.45, 2.75) is 75.9 Å². The minimum atomic E-state index is -1.54. The van der Waals surface area contributed by atoms with Crippen molar-refractivity contribution in [2.75, 3.05) is 26.9 Å². The summed E-state index contributed by atoms with van der Waals surface area (Å²) in [7, 11) is 1.60. The predicted molar refractivity (Wildman–Crippen MR) is 234 cm³/mol. The number of fused-ring (bicyclic) bond motifs is 2. The first-order valence-electron chi connectivity index (χ1n) is 21.5. The molecular weight excluding hydrogens is 810 g/mol. The van der Waals surface area contributed by atoms with Crippen LogP contribution in [0.2, 0.25) is 0 Å². The highest BCUT2D eigenvalue weighted by Crippen LogP contribution is 2.62. The van der Waals surface area contributed by atoms with Crippen molar-refractivity contribution in [3.63, 3.8) is 0 Å². The van der Waals surface area contributed by atoms with Crippen LogP contribution in [0, 0.1) is 33.7 Å². The molecule has 1 amide bonds. The Kier molecular flexibility index (Phi) is 14.9. The number of carbonyl (C=O) groups excluding carboxylic acids is 1. The van der Waals surface area contributed by atoms with Crippen LogP contribution in [0.4, 0.5) is 14.9 Å². The van der Waals surface area contributed by atoms with Gasteiger partial charge in [-0.2, -0.15) is 0 Å². The van der Waals surface area contributed by atoms with Crippen molar-refractivity contribution in [1.29, 1.82) is 0 Å². The monoisotopic (exact) mass is 863 g/mol. The summed E-state index contributed by atoms with van der Waals surface area (Å²) in [6.45, 7) is 4.32. The lowest BCUT2D eigenvalue weighted by atomic mass is 9.55. The Bertz CT molecular complexity index is 2270. The van der Waals surface area contributed by atoms with E-state index in [1.807, 2.05) is 42.5 Å². The number of rotatable bonds is 20. The number of halogens is 1. The van der Waals surface area contributed by atoms with E-state index in [4.69, 9.17) is 28.9 Å². The van der Waals surface area contributed by atoms with Crippen LogP contribution >= 0.6 is 0 Å². The molecule has 4 aromatic rings. The Balaban J connectivity index is 1.37. The number of hydrogen-bond acceptors (Lipinski definition) is 11. The lowest BCUT2D eigenvalue weighted by molar-refractivity contribution is -0.384. The SMILES string of the molecule is C=CCOC12Oc3ccc(OCc4ccccc4F)cc3C3C(CCCCO)C(CCCCO)C=C(C(=NOCc4ccccc4)CC1N(C)C(=O)Oc1ccc([N+](=O)[O-])cc1)C32. The van der Waals surface area contributed by atoms with Gasteiger partial charge in [-0.3, -0.25) is 10.1 Å². The molecule has 13 nitrogen and oxygen atoms in total. The molecule has 2 aliphatic carbocycles. The number of nitrogens with zero attached hydrogens (tertiary/aromatic N) is 3. The molecule has 0 saturated heterocycles. The predicted octanol–water partition coefficient (Wildman–Crippen LogP) is 9.28. The zero-order valence-corrected chi connectivity index (χ0v) is 35.4. The minimum Gasteiger partial charge on any atom is -0.489 e. The maximum atomic E-state index is 14.7. The standard InChI is InChI=1S/C49H54FN3O10/c1-3-27-60-49-45(52(2)48(56)62-37-21-19-36(20-22-37)53(57)58)30-43(51-61-31-33-13-5-4-6-14-33)40-28-34(15-9-11-25-54)39(17-10-12-26-55)46(47(40)49)41-29-38(23-24-44(41)63-49)59-32-35-16-7-8-18-42(35)50/h3-8,13-14,16,18-24,28-29,34,39,45-47,54-55H,1,9-12,15,17,25-27,30-32H2,2H3. The third-order valence-corrected chi connectivity index (χ3v) is 12.3. The second kappa shape index (κ2) is 20.9. The van der Waals surface area contributed by atoms with Crippen LogP contribution in [0.15, 0.2) is 127 Å². The van der Waals surface area contributed by atoms with Crippen LogP contribution in [0.5, 0.6) is 17.2 Å². The molecule has 0 radical (unpaired) electrons. The first-order chi connectivity index (χ1) is 30.7. The molecule has 332 valence electrons. The molecule has 1 heterocycles. The molecule has 3 aliphatic rings. The number of amides is 1. The van der Waals surface area contributed by atoms with E-state index in [0.29, 0.717) is 35.6 Å². The zero-order chi connectivity index (χ0) is 44.3. The van der Waals surface area contributed by atoms with Gasteiger partial charge in [-0.25, -0.2) is 9.18 Å². The number of hydrogen-bond donors (Lipinski definition) is 2. The van der Waals surface area contributed by atoms with Crippen LogP contribution in [0.25, 0.3) is 0 Å². The van der Waals surface area contributed by atoms with Crippen LogP contribution < -0.4 is 14.2 Å². The fourth-order valence-corrected chi connectivity index (χ4v) is 9.29. The van der Waals surface area contributed by atoms with Gasteiger partial charge in [0.1, 0.15) is 42.3 Å². The van der Waals surface area contributed by atoms with E-state index >= 15 is 0 Å². The number of likely N-dealkylation sites (N-methyl/N-ethyl adjacent to an activating group) is 1. The lowest BCUT2D eigenvalue weighted by Crippen LogP contribution is -2.69. The van der Waals surface area contributed by atoms with E-state index in [9.17, 15) is 29.5 Å². The van der Waals surface area contributed by atoms with Gasteiger partial charge in [-0.1, -0.05) is 78.7 Å². The highest BCUT2D eigenvalue weighted by molar-refractivity contribution is 6.03. The third-order valence-electron chi connectivity index (χ3n) is 12.3. The van der Waals surface area contributed by atoms with Gasteiger partial charge in [0.25, 0.3) is 5.69 Å². The number of aliphatic hydroxyl groups excluding tert-OH is 2. The average molecular weight is 864 g/mol. The largest absolute Gasteiger partial charge is 0.489 e. The number of nitro benzene ring substituents is 1. The van der Waals surface area contributed by atoms with Gasteiger partial charge in [-0.05, 0) is 85.1 Å². The van der Waals surface area contributed by atoms with Gasteiger partial charge in [0.2, 0.25) is 5.79 Å². The van der Waals surface area contributed by atoms with Gasteiger partial charge in [0, 0.05) is 55.9 Å². The van der Waals surface area contributed by atoms with Crippen molar-refractivity contribution in [3.8, 4) is 17.2 Å². The Morgan fingerprint density at radius 2 is 1.68 bits per heavy atom. The molecule has 14 heteroatoms. The molecule has 2 N–H and O–H groups in total. The smallest absolute Gasteiger partial charge is 0.415 e. The van der Waals surface area contributed by atoms with E-state index < -0.39 is 28.8 Å². The normalized spacial score (nSPS) is 22.8. The van der Waals surface area contributed by atoms with Crippen LogP contribution in [0.3, 0.4) is 0 Å². The molecule has 6 unspecified atom stereocenters. The zero-order valence-electron chi connectivity index (χ0n) is 35.4. The first-order valence-corrected chi connectivity index (χ1v) is 21.5. The number of nitro groups is 1. The summed E-state index contributed by atoms with van der Waals surface area (Å²) >= 11 is 0. The highest BCUT2D eigenvalue weighted by atomic mass is 19.1. The lowest BCUT2D eigenvalue weighted by Gasteiger charge is -2.59. The van der Waals surface area contributed by atoms with Crippen LogP contribution in [0.1, 0.15) is 67.6 Å². The molecule has 1 saturated carbocycles. The second-order valence-electron chi connectivity index (χ2n) is 16.1. The maximum absolute atomic E-state index is 14.7. The number of oxime groups is 1. The Morgan fingerprint density at radius 3 is 2.40 bits per heavy atom. The average Bonchev–Trinajstić information content (AvgIpc) is 3.29. The Labute approximate surface area is 366 Å². The van der Waals surface area contributed by atoms with Crippen LogP contribution in [-0.2, 0) is 22.8 Å². The number of non-ortho nitro benzene ring substituents is 1. The third kappa shape index (κ3) is 10.1. The van der Waals surface area contributed by atoms with Gasteiger partial charge in [0.05, 0.1) is 23.2 Å². The number of ether oxygens (including phenoxy) is 4. The van der Waals surface area contributed by atoms with Crippen molar-refractivity contribution in [1.82, 2.24) is 4.90 Å². The summed E-state index contributed by atoms with van der Waals surface area (Å²) in [6.07, 6.45) is 7.47. The summed E-state index contributed by atoms with van der Waals surface area (Å²) < 4.78 is 40.9. The van der Waals surface area contributed by atoms with E-state index in [-0.39, 0.29) is 74.5 Å². The second-order valence-corrected chi connectivity index (χ2v) is 16.1. The highest BCUT2D eigenvalue weighted by Gasteiger charge is 2.65. The summed E-state index contributed by atoms with van der Waals surface area (Å²) in [5.74, 6) is -1.73. The summed E-state index contributed by atoms with van der Waals surface area (Å²) in [5, 5.41) is 36.0. The van der Waals surface area contributed by atoms with Crippen molar-refractivity contribution in [2.24, 2.45) is 22.9 Å². The van der Waals surface area contributed by atoms with Crippen molar-refractivity contribution >= 4 is 17.5 Å². The van der Waals surface area contributed by atoms with Gasteiger partial charge in [-0.15, -0.1) is 6.58 Å². The number of unbranched alkanes of at least 4 members (excludes halogenated alkanes) is 2. The number of carbonyl (C=O) groups is 1. The molecule has 0 aromatic heterocycles.